The zero-order valence-electron chi connectivity index (χ0n) is 16.6. The predicted octanol–water partition coefficient (Wildman–Crippen LogP) is 2.56. The summed E-state index contributed by atoms with van der Waals surface area (Å²) in [7, 11) is 0. The lowest BCUT2D eigenvalue weighted by molar-refractivity contribution is -0.135. The zero-order valence-corrected chi connectivity index (χ0v) is 16.6. The third-order valence-corrected chi connectivity index (χ3v) is 6.29. The molecule has 0 unspecified atom stereocenters. The highest BCUT2D eigenvalue weighted by atomic mass is 16.2. The number of pyridine rings is 2. The molecule has 152 valence electrons. The third-order valence-electron chi connectivity index (χ3n) is 6.29. The number of likely N-dealkylation sites (tertiary alicyclic amines) is 1. The first kappa shape index (κ1) is 18.8. The molecule has 6 nitrogen and oxygen atoms in total. The average molecular weight is 400 g/mol. The molecule has 3 aromatic rings. The van der Waals surface area contributed by atoms with Crippen LogP contribution < -0.4 is 11.3 Å². The molecule has 5 rings (SSSR count). The van der Waals surface area contributed by atoms with Crippen LogP contribution in [-0.4, -0.2) is 33.4 Å². The summed E-state index contributed by atoms with van der Waals surface area (Å²) in [5.41, 5.74) is 9.93. The van der Waals surface area contributed by atoms with Gasteiger partial charge in [-0.3, -0.25) is 14.6 Å². The van der Waals surface area contributed by atoms with Gasteiger partial charge in [-0.05, 0) is 35.6 Å². The van der Waals surface area contributed by atoms with Crippen LogP contribution in [-0.2, 0) is 11.3 Å². The van der Waals surface area contributed by atoms with E-state index >= 15 is 0 Å². The van der Waals surface area contributed by atoms with Crippen LogP contribution in [0.3, 0.4) is 0 Å². The minimum Gasteiger partial charge on any atom is -0.340 e. The molecule has 1 fully saturated rings. The van der Waals surface area contributed by atoms with E-state index in [1.165, 1.54) is 0 Å². The number of rotatable bonds is 3. The Morgan fingerprint density at radius 2 is 1.87 bits per heavy atom. The lowest BCUT2D eigenvalue weighted by Gasteiger charge is -2.43. The van der Waals surface area contributed by atoms with E-state index < -0.39 is 6.04 Å². The van der Waals surface area contributed by atoms with Gasteiger partial charge in [-0.25, -0.2) is 0 Å². The normalized spacial score (nSPS) is 21.0. The van der Waals surface area contributed by atoms with Gasteiger partial charge in [0.2, 0.25) is 5.91 Å². The molecule has 1 saturated heterocycles. The van der Waals surface area contributed by atoms with Crippen molar-refractivity contribution in [3.63, 3.8) is 0 Å². The number of carbonyl (C=O) groups is 1. The van der Waals surface area contributed by atoms with Gasteiger partial charge >= 0.3 is 0 Å². The lowest BCUT2D eigenvalue weighted by Crippen LogP contribution is -2.51. The Labute approximate surface area is 175 Å². The van der Waals surface area contributed by atoms with Gasteiger partial charge in [0.1, 0.15) is 6.04 Å². The summed E-state index contributed by atoms with van der Waals surface area (Å²) in [6, 6.07) is 16.4. The van der Waals surface area contributed by atoms with Crippen molar-refractivity contribution in [3.05, 3.63) is 88.6 Å². The fourth-order valence-electron chi connectivity index (χ4n) is 4.84. The maximum atomic E-state index is 13.1. The van der Waals surface area contributed by atoms with E-state index in [1.54, 1.807) is 18.5 Å². The van der Waals surface area contributed by atoms with Crippen LogP contribution in [0.5, 0.6) is 0 Å². The topological polar surface area (TPSA) is 81.2 Å². The second-order valence-electron chi connectivity index (χ2n) is 8.29. The Balaban J connectivity index is 1.45. The van der Waals surface area contributed by atoms with Crippen LogP contribution in [0.4, 0.5) is 0 Å². The summed E-state index contributed by atoms with van der Waals surface area (Å²) in [6.07, 6.45) is 4.48. The number of nitrogens with zero attached hydrogens (tertiary/aromatic N) is 3. The molecule has 6 heteroatoms. The van der Waals surface area contributed by atoms with Crippen LogP contribution >= 0.6 is 0 Å². The number of amides is 1. The van der Waals surface area contributed by atoms with Gasteiger partial charge in [0.15, 0.2) is 0 Å². The van der Waals surface area contributed by atoms with Crippen LogP contribution in [0.2, 0.25) is 0 Å². The summed E-state index contributed by atoms with van der Waals surface area (Å²) in [5.74, 6) is 0.356. The van der Waals surface area contributed by atoms with Crippen molar-refractivity contribution in [1.29, 1.82) is 0 Å². The van der Waals surface area contributed by atoms with Gasteiger partial charge in [-0.1, -0.05) is 36.4 Å². The molecule has 0 spiro atoms. The first-order chi connectivity index (χ1) is 14.6. The maximum Gasteiger partial charge on any atom is 0.251 e. The highest BCUT2D eigenvalue weighted by Gasteiger charge is 2.38. The van der Waals surface area contributed by atoms with Gasteiger partial charge in [-0.15, -0.1) is 0 Å². The summed E-state index contributed by atoms with van der Waals surface area (Å²) in [5, 5.41) is 0. The molecule has 0 saturated carbocycles. The maximum absolute atomic E-state index is 13.1. The van der Waals surface area contributed by atoms with Crippen molar-refractivity contribution >= 4 is 5.91 Å². The molecule has 2 N–H and O–H groups in total. The van der Waals surface area contributed by atoms with Crippen LogP contribution in [0, 0.1) is 5.92 Å². The molecule has 1 amide bonds. The number of piperidine rings is 1. The van der Waals surface area contributed by atoms with Gasteiger partial charge < -0.3 is 15.2 Å². The number of hydrogen-bond donors (Lipinski definition) is 1. The lowest BCUT2D eigenvalue weighted by atomic mass is 9.82. The molecule has 2 aliphatic heterocycles. The van der Waals surface area contributed by atoms with Crippen LogP contribution in [0.25, 0.3) is 11.1 Å². The number of aromatic nitrogens is 2. The Hall–Kier alpha value is -3.25. The van der Waals surface area contributed by atoms with Crippen molar-refractivity contribution < 1.29 is 4.79 Å². The first-order valence-electron chi connectivity index (χ1n) is 10.3. The van der Waals surface area contributed by atoms with E-state index in [9.17, 15) is 9.59 Å². The van der Waals surface area contributed by atoms with Gasteiger partial charge in [0.05, 0.1) is 0 Å². The van der Waals surface area contributed by atoms with E-state index in [-0.39, 0.29) is 23.3 Å². The smallest absolute Gasteiger partial charge is 0.251 e. The Morgan fingerprint density at radius 3 is 2.63 bits per heavy atom. The second kappa shape index (κ2) is 7.54. The van der Waals surface area contributed by atoms with Crippen molar-refractivity contribution in [1.82, 2.24) is 14.5 Å². The summed E-state index contributed by atoms with van der Waals surface area (Å²) in [4.78, 5) is 32.0. The summed E-state index contributed by atoms with van der Waals surface area (Å²) in [6.45, 7) is 1.88. The molecule has 4 heterocycles. The van der Waals surface area contributed by atoms with Crippen molar-refractivity contribution in [2.45, 2.75) is 24.9 Å². The van der Waals surface area contributed by atoms with Crippen LogP contribution in [0.15, 0.2) is 71.8 Å². The molecule has 0 radical (unpaired) electrons. The minimum atomic E-state index is -0.658. The standard InChI is InChI=1S/C24H24N4O2/c25-23(17-5-2-1-3-6-17)24(30)27-13-16-9-20(15-27)21-10-19(11-22(29)28(21)14-16)18-7-4-8-26-12-18/h1-8,10-12,16,20,23H,9,13-15,25H2/t16-,20+,23+/m0/s1. The number of hydrogen-bond acceptors (Lipinski definition) is 4. The van der Waals surface area contributed by atoms with E-state index in [2.05, 4.69) is 11.1 Å². The van der Waals surface area contributed by atoms with Gasteiger partial charge in [0.25, 0.3) is 5.56 Å². The molecule has 2 aliphatic rings. The van der Waals surface area contributed by atoms with E-state index in [1.807, 2.05) is 51.9 Å². The number of carbonyl (C=O) groups excluding carboxylic acids is 1. The average Bonchev–Trinajstić information content (AvgIpc) is 2.79. The SMILES string of the molecule is N[C@@H](C(=O)N1C[C@@H]2C[C@H](C1)c1cc(-c3cccnc3)cc(=O)n1C2)c1ccccc1. The second-order valence-corrected chi connectivity index (χ2v) is 8.29. The van der Waals surface area contributed by atoms with Crippen molar-refractivity contribution in [3.8, 4) is 11.1 Å². The van der Waals surface area contributed by atoms with Crippen molar-refractivity contribution in [2.75, 3.05) is 13.1 Å². The number of benzene rings is 1. The Bertz CT molecular complexity index is 1130. The largest absolute Gasteiger partial charge is 0.340 e. The number of nitrogens with two attached hydrogens (primary N) is 1. The molecular weight excluding hydrogens is 376 g/mol. The van der Waals surface area contributed by atoms with Gasteiger partial charge in [0, 0.05) is 55.3 Å². The van der Waals surface area contributed by atoms with Crippen LogP contribution in [0.1, 0.15) is 29.6 Å². The summed E-state index contributed by atoms with van der Waals surface area (Å²) < 4.78 is 1.89. The molecule has 30 heavy (non-hydrogen) atoms. The van der Waals surface area contributed by atoms with E-state index in [0.29, 0.717) is 19.6 Å². The molecule has 3 atom stereocenters. The van der Waals surface area contributed by atoms with E-state index in [0.717, 1.165) is 28.8 Å². The fourth-order valence-corrected chi connectivity index (χ4v) is 4.84. The zero-order chi connectivity index (χ0) is 20.7. The fraction of sp³-hybridized carbons (Fsp3) is 0.292. The predicted molar refractivity (Wildman–Crippen MR) is 115 cm³/mol. The molecule has 2 aromatic heterocycles. The Morgan fingerprint density at radius 1 is 1.03 bits per heavy atom. The highest BCUT2D eigenvalue weighted by Crippen LogP contribution is 2.37. The summed E-state index contributed by atoms with van der Waals surface area (Å²) >= 11 is 0. The highest BCUT2D eigenvalue weighted by molar-refractivity contribution is 5.83. The first-order valence-corrected chi connectivity index (χ1v) is 10.3. The molecular formula is C24H24N4O2. The number of fused-ring (bicyclic) bond motifs is 4. The van der Waals surface area contributed by atoms with E-state index in [4.69, 9.17) is 5.73 Å². The Kier molecular flexibility index (Phi) is 4.71. The quantitative estimate of drug-likeness (QED) is 0.733. The monoisotopic (exact) mass is 400 g/mol. The molecule has 0 aliphatic carbocycles. The third kappa shape index (κ3) is 3.33. The molecule has 1 aromatic carbocycles. The van der Waals surface area contributed by atoms with Gasteiger partial charge in [-0.2, -0.15) is 0 Å². The van der Waals surface area contributed by atoms with Crippen molar-refractivity contribution in [2.24, 2.45) is 11.7 Å². The minimum absolute atomic E-state index is 0.0156. The molecule has 2 bridgehead atoms.